The lowest BCUT2D eigenvalue weighted by atomic mass is 9.80. The van der Waals surface area contributed by atoms with Gasteiger partial charge in [-0.1, -0.05) is 20.3 Å². The van der Waals surface area contributed by atoms with Crippen LogP contribution < -0.4 is 0 Å². The van der Waals surface area contributed by atoms with Gasteiger partial charge in [-0.15, -0.1) is 0 Å². The van der Waals surface area contributed by atoms with Gasteiger partial charge in [-0.25, -0.2) is 4.39 Å². The van der Waals surface area contributed by atoms with Crippen LogP contribution in [0.15, 0.2) is 0 Å². The van der Waals surface area contributed by atoms with Gasteiger partial charge in [0, 0.05) is 5.92 Å². The van der Waals surface area contributed by atoms with E-state index >= 15 is 0 Å². The molecule has 0 bridgehead atoms. The summed E-state index contributed by atoms with van der Waals surface area (Å²) in [6.07, 6.45) is 3.72. The third kappa shape index (κ3) is 1.85. The summed E-state index contributed by atoms with van der Waals surface area (Å²) in [6.45, 7) is 3.55. The number of halogens is 1. The summed E-state index contributed by atoms with van der Waals surface area (Å²) in [4.78, 5) is 11.4. The molecule has 1 aliphatic rings. The first kappa shape index (κ1) is 9.69. The lowest BCUT2D eigenvalue weighted by Crippen LogP contribution is -2.38. The number of Topliss-reactive ketones (excluding diaryl/α,β-unsaturated/α-hetero) is 1. The van der Waals surface area contributed by atoms with E-state index in [0.29, 0.717) is 12.8 Å². The number of carbonyl (C=O) groups is 1. The van der Waals surface area contributed by atoms with Crippen LogP contribution in [0.3, 0.4) is 0 Å². The Morgan fingerprint density at radius 2 is 1.75 bits per heavy atom. The van der Waals surface area contributed by atoms with Crippen molar-refractivity contribution in [1.82, 2.24) is 0 Å². The molecule has 0 aromatic heterocycles. The van der Waals surface area contributed by atoms with E-state index in [4.69, 9.17) is 0 Å². The van der Waals surface area contributed by atoms with Crippen molar-refractivity contribution in [2.24, 2.45) is 5.92 Å². The monoisotopic (exact) mass is 172 g/mol. The quantitative estimate of drug-likeness (QED) is 0.626. The van der Waals surface area contributed by atoms with Gasteiger partial charge >= 0.3 is 0 Å². The molecule has 0 spiro atoms. The highest BCUT2D eigenvalue weighted by Gasteiger charge is 2.40. The Balaban J connectivity index is 2.62. The minimum absolute atomic E-state index is 0.159. The van der Waals surface area contributed by atoms with Gasteiger partial charge in [0.2, 0.25) is 0 Å². The molecule has 0 aliphatic heterocycles. The highest BCUT2D eigenvalue weighted by Crippen LogP contribution is 2.34. The van der Waals surface area contributed by atoms with E-state index in [-0.39, 0.29) is 11.7 Å². The van der Waals surface area contributed by atoms with Gasteiger partial charge in [0.1, 0.15) is 0 Å². The molecule has 0 unspecified atom stereocenters. The van der Waals surface area contributed by atoms with Crippen molar-refractivity contribution in [3.8, 4) is 0 Å². The first-order chi connectivity index (χ1) is 5.56. The van der Waals surface area contributed by atoms with Crippen molar-refractivity contribution in [2.75, 3.05) is 0 Å². The summed E-state index contributed by atoms with van der Waals surface area (Å²) in [6, 6.07) is 0. The molecule has 0 saturated heterocycles. The molecule has 2 heteroatoms. The third-order valence-electron chi connectivity index (χ3n) is 2.61. The average Bonchev–Trinajstić information content (AvgIpc) is 2.04. The number of alkyl halides is 1. The van der Waals surface area contributed by atoms with Crippen LogP contribution in [0.4, 0.5) is 4.39 Å². The molecule has 1 nitrogen and oxygen atoms in total. The predicted octanol–water partition coefficient (Wildman–Crippen LogP) is 2.88. The second-order valence-electron chi connectivity index (χ2n) is 4.04. The van der Waals surface area contributed by atoms with Crippen LogP contribution in [0.25, 0.3) is 0 Å². The first-order valence-corrected chi connectivity index (χ1v) is 4.79. The van der Waals surface area contributed by atoms with Crippen LogP contribution in [-0.4, -0.2) is 11.5 Å². The van der Waals surface area contributed by atoms with Crippen LogP contribution in [0.5, 0.6) is 0 Å². The summed E-state index contributed by atoms with van der Waals surface area (Å²) in [7, 11) is 0. The second kappa shape index (κ2) is 3.55. The zero-order valence-electron chi connectivity index (χ0n) is 7.90. The summed E-state index contributed by atoms with van der Waals surface area (Å²) in [5.74, 6) is -0.352. The largest absolute Gasteiger partial charge is 0.296 e. The van der Waals surface area contributed by atoms with Crippen molar-refractivity contribution in [3.63, 3.8) is 0 Å². The Kier molecular flexibility index (Phi) is 2.86. The smallest absolute Gasteiger partial charge is 0.172 e. The highest BCUT2D eigenvalue weighted by atomic mass is 19.1. The normalized spacial score (nSPS) is 22.7. The lowest BCUT2D eigenvalue weighted by Gasteiger charge is -2.29. The molecule has 0 aromatic carbocycles. The zero-order chi connectivity index (χ0) is 9.19. The maximum atomic E-state index is 13.9. The van der Waals surface area contributed by atoms with Gasteiger partial charge in [0.15, 0.2) is 11.5 Å². The lowest BCUT2D eigenvalue weighted by molar-refractivity contribution is -0.135. The first-order valence-electron chi connectivity index (χ1n) is 4.79. The molecule has 1 aliphatic carbocycles. The summed E-state index contributed by atoms with van der Waals surface area (Å²) in [5, 5.41) is 0. The Hall–Kier alpha value is -0.400. The van der Waals surface area contributed by atoms with Crippen molar-refractivity contribution in [3.05, 3.63) is 0 Å². The van der Waals surface area contributed by atoms with E-state index < -0.39 is 5.67 Å². The van der Waals surface area contributed by atoms with Gasteiger partial charge in [-0.05, 0) is 25.7 Å². The van der Waals surface area contributed by atoms with Crippen molar-refractivity contribution < 1.29 is 9.18 Å². The fourth-order valence-corrected chi connectivity index (χ4v) is 1.88. The topological polar surface area (TPSA) is 17.1 Å². The Bertz CT molecular complexity index is 169. The van der Waals surface area contributed by atoms with E-state index in [1.807, 2.05) is 0 Å². The third-order valence-corrected chi connectivity index (χ3v) is 2.61. The second-order valence-corrected chi connectivity index (χ2v) is 4.04. The van der Waals surface area contributed by atoms with E-state index in [1.165, 1.54) is 0 Å². The minimum Gasteiger partial charge on any atom is -0.296 e. The molecule has 12 heavy (non-hydrogen) atoms. The van der Waals surface area contributed by atoms with Crippen LogP contribution >= 0.6 is 0 Å². The molecular weight excluding hydrogens is 155 g/mol. The van der Waals surface area contributed by atoms with E-state index in [2.05, 4.69) is 0 Å². The molecule has 0 heterocycles. The maximum Gasteiger partial charge on any atom is 0.172 e. The minimum atomic E-state index is -1.48. The SMILES string of the molecule is CC(C)C(=O)C1(F)CCCCC1. The maximum absolute atomic E-state index is 13.9. The van der Waals surface area contributed by atoms with Crippen LogP contribution in [0, 0.1) is 5.92 Å². The van der Waals surface area contributed by atoms with Crippen molar-refractivity contribution in [1.29, 1.82) is 0 Å². The molecule has 0 aromatic rings. The standard InChI is InChI=1S/C10H17FO/c1-8(2)9(12)10(11)6-4-3-5-7-10/h8H,3-7H2,1-2H3. The molecule has 0 N–H and O–H groups in total. The van der Waals surface area contributed by atoms with Crippen LogP contribution in [-0.2, 0) is 4.79 Å². The molecular formula is C10H17FO. The molecule has 0 atom stereocenters. The fourth-order valence-electron chi connectivity index (χ4n) is 1.88. The summed E-state index contributed by atoms with van der Waals surface area (Å²) < 4.78 is 13.9. The average molecular weight is 172 g/mol. The number of hydrogen-bond acceptors (Lipinski definition) is 1. The molecule has 1 fully saturated rings. The van der Waals surface area contributed by atoms with Gasteiger partial charge < -0.3 is 0 Å². The van der Waals surface area contributed by atoms with E-state index in [9.17, 15) is 9.18 Å². The zero-order valence-corrected chi connectivity index (χ0v) is 7.90. The summed E-state index contributed by atoms with van der Waals surface area (Å²) in [5.41, 5.74) is -1.48. The van der Waals surface area contributed by atoms with Crippen molar-refractivity contribution >= 4 is 5.78 Å². The molecule has 0 amide bonds. The molecule has 0 radical (unpaired) electrons. The number of rotatable bonds is 2. The van der Waals surface area contributed by atoms with Gasteiger partial charge in [0.05, 0.1) is 0 Å². The predicted molar refractivity (Wildman–Crippen MR) is 46.8 cm³/mol. The Morgan fingerprint density at radius 1 is 1.25 bits per heavy atom. The van der Waals surface area contributed by atoms with Crippen molar-refractivity contribution in [2.45, 2.75) is 51.6 Å². The molecule has 1 rings (SSSR count). The van der Waals surface area contributed by atoms with Gasteiger partial charge in [-0.2, -0.15) is 0 Å². The molecule has 70 valence electrons. The van der Waals surface area contributed by atoms with Gasteiger partial charge in [-0.3, -0.25) is 4.79 Å². The fraction of sp³-hybridized carbons (Fsp3) is 0.900. The van der Waals surface area contributed by atoms with Crippen LogP contribution in [0.1, 0.15) is 46.0 Å². The number of carbonyl (C=O) groups excluding carboxylic acids is 1. The Morgan fingerprint density at radius 3 is 2.17 bits per heavy atom. The van der Waals surface area contributed by atoms with Gasteiger partial charge in [0.25, 0.3) is 0 Å². The Labute approximate surface area is 73.3 Å². The molecule has 1 saturated carbocycles. The summed E-state index contributed by atoms with van der Waals surface area (Å²) >= 11 is 0. The number of hydrogen-bond donors (Lipinski definition) is 0. The number of ketones is 1. The van der Waals surface area contributed by atoms with E-state index in [0.717, 1.165) is 19.3 Å². The van der Waals surface area contributed by atoms with Crippen LogP contribution in [0.2, 0.25) is 0 Å². The highest BCUT2D eigenvalue weighted by molar-refractivity contribution is 5.88. The van der Waals surface area contributed by atoms with E-state index in [1.54, 1.807) is 13.8 Å².